The molecule has 0 aliphatic carbocycles. The van der Waals surface area contributed by atoms with E-state index in [4.69, 9.17) is 23.2 Å². The number of carbonyl (C=O) groups is 1. The Kier molecular flexibility index (Phi) is 5.68. The number of benzene rings is 1. The van der Waals surface area contributed by atoms with Crippen molar-refractivity contribution in [3.05, 3.63) is 33.8 Å². The molecular formula is C15H19Cl2NO. The first-order chi connectivity index (χ1) is 9.16. The molecule has 19 heavy (non-hydrogen) atoms. The molecule has 2 nitrogen and oxygen atoms in total. The minimum absolute atomic E-state index is 0.230. The van der Waals surface area contributed by atoms with Gasteiger partial charge >= 0.3 is 0 Å². The predicted octanol–water partition coefficient (Wildman–Crippen LogP) is 3.88. The topological polar surface area (TPSA) is 29.1 Å². The summed E-state index contributed by atoms with van der Waals surface area (Å²) < 4.78 is 0. The Morgan fingerprint density at radius 1 is 1.21 bits per heavy atom. The van der Waals surface area contributed by atoms with Gasteiger partial charge in [-0.3, -0.25) is 4.79 Å². The zero-order chi connectivity index (χ0) is 13.7. The zero-order valence-corrected chi connectivity index (χ0v) is 12.4. The number of halogens is 2. The monoisotopic (exact) mass is 299 g/mol. The van der Waals surface area contributed by atoms with Crippen LogP contribution in [0.4, 0.5) is 0 Å². The lowest BCUT2D eigenvalue weighted by atomic mass is 9.91. The van der Waals surface area contributed by atoms with E-state index in [0.717, 1.165) is 25.1 Å². The van der Waals surface area contributed by atoms with Crippen LogP contribution < -0.4 is 5.32 Å². The second-order valence-corrected chi connectivity index (χ2v) is 5.96. The standard InChI is InChI=1S/C15H19Cl2NO/c16-14-2-1-3-15(17)13(14)10-12(19)5-4-11-6-8-18-9-7-11/h1-3,11,18H,4-10H2. The fourth-order valence-corrected chi connectivity index (χ4v) is 3.05. The minimum atomic E-state index is 0.230. The van der Waals surface area contributed by atoms with Gasteiger partial charge in [0, 0.05) is 22.9 Å². The van der Waals surface area contributed by atoms with Gasteiger partial charge in [-0.25, -0.2) is 0 Å². The number of hydrogen-bond donors (Lipinski definition) is 1. The lowest BCUT2D eigenvalue weighted by molar-refractivity contribution is -0.118. The third kappa shape index (κ3) is 4.48. The molecule has 0 amide bonds. The van der Waals surface area contributed by atoms with Crippen molar-refractivity contribution in [1.29, 1.82) is 0 Å². The Morgan fingerprint density at radius 3 is 2.47 bits per heavy atom. The summed E-state index contributed by atoms with van der Waals surface area (Å²) in [7, 11) is 0. The van der Waals surface area contributed by atoms with E-state index in [-0.39, 0.29) is 5.78 Å². The van der Waals surface area contributed by atoms with Crippen molar-refractivity contribution in [2.45, 2.75) is 32.1 Å². The van der Waals surface area contributed by atoms with Crippen molar-refractivity contribution in [3.8, 4) is 0 Å². The summed E-state index contributed by atoms with van der Waals surface area (Å²) in [6.07, 6.45) is 4.33. The minimum Gasteiger partial charge on any atom is -0.317 e. The van der Waals surface area contributed by atoms with Crippen LogP contribution in [0.5, 0.6) is 0 Å². The van der Waals surface area contributed by atoms with E-state index in [9.17, 15) is 4.79 Å². The second-order valence-electron chi connectivity index (χ2n) is 5.15. The number of carbonyl (C=O) groups excluding carboxylic acids is 1. The summed E-state index contributed by atoms with van der Waals surface area (Å²) in [5, 5.41) is 4.51. The van der Waals surface area contributed by atoms with Gasteiger partial charge in [0.05, 0.1) is 0 Å². The molecule has 1 N–H and O–H groups in total. The van der Waals surface area contributed by atoms with Gasteiger partial charge in [-0.1, -0.05) is 29.3 Å². The summed E-state index contributed by atoms with van der Waals surface area (Å²) >= 11 is 12.2. The van der Waals surface area contributed by atoms with Crippen LogP contribution in [-0.2, 0) is 11.2 Å². The largest absolute Gasteiger partial charge is 0.317 e. The van der Waals surface area contributed by atoms with Gasteiger partial charge < -0.3 is 5.32 Å². The molecule has 1 heterocycles. The first-order valence-corrected chi connectivity index (χ1v) is 7.57. The first-order valence-electron chi connectivity index (χ1n) is 6.82. The Bertz CT molecular complexity index is 422. The third-order valence-electron chi connectivity index (χ3n) is 3.73. The Labute approximate surface area is 124 Å². The molecule has 0 spiro atoms. The highest BCUT2D eigenvalue weighted by Gasteiger charge is 2.16. The summed E-state index contributed by atoms with van der Waals surface area (Å²) in [6, 6.07) is 5.36. The van der Waals surface area contributed by atoms with Gasteiger partial charge in [0.1, 0.15) is 5.78 Å². The molecule has 1 fully saturated rings. The molecule has 0 radical (unpaired) electrons. The van der Waals surface area contributed by atoms with E-state index in [0.29, 0.717) is 28.8 Å². The highest BCUT2D eigenvalue weighted by Crippen LogP contribution is 2.26. The SMILES string of the molecule is O=C(CCC1CCNCC1)Cc1c(Cl)cccc1Cl. The van der Waals surface area contributed by atoms with Crippen LogP contribution in [0.3, 0.4) is 0 Å². The van der Waals surface area contributed by atoms with Crippen LogP contribution in [0.1, 0.15) is 31.2 Å². The fraction of sp³-hybridized carbons (Fsp3) is 0.533. The number of nitrogens with one attached hydrogen (secondary N) is 1. The van der Waals surface area contributed by atoms with E-state index in [1.807, 2.05) is 0 Å². The maximum absolute atomic E-state index is 12.0. The highest BCUT2D eigenvalue weighted by molar-refractivity contribution is 6.36. The van der Waals surface area contributed by atoms with Gasteiger partial charge in [-0.15, -0.1) is 0 Å². The molecule has 0 bridgehead atoms. The van der Waals surface area contributed by atoms with E-state index >= 15 is 0 Å². The normalized spacial score (nSPS) is 16.5. The smallest absolute Gasteiger partial charge is 0.137 e. The fourth-order valence-electron chi connectivity index (χ4n) is 2.52. The first kappa shape index (κ1) is 14.8. The molecule has 1 aliphatic heterocycles. The van der Waals surface area contributed by atoms with Crippen molar-refractivity contribution in [3.63, 3.8) is 0 Å². The number of Topliss-reactive ketones (excluding diaryl/α,β-unsaturated/α-hetero) is 1. The number of piperidine rings is 1. The average Bonchev–Trinajstić information content (AvgIpc) is 2.42. The number of hydrogen-bond acceptors (Lipinski definition) is 2. The summed E-state index contributed by atoms with van der Waals surface area (Å²) in [6.45, 7) is 2.16. The lowest BCUT2D eigenvalue weighted by Gasteiger charge is -2.22. The van der Waals surface area contributed by atoms with Crippen LogP contribution >= 0.6 is 23.2 Å². The summed E-state index contributed by atoms with van der Waals surface area (Å²) in [4.78, 5) is 12.0. The molecule has 104 valence electrons. The number of ketones is 1. The molecule has 1 aliphatic rings. The van der Waals surface area contributed by atoms with Gasteiger partial charge in [-0.05, 0) is 56.0 Å². The van der Waals surface area contributed by atoms with Crippen molar-refractivity contribution >= 4 is 29.0 Å². The third-order valence-corrected chi connectivity index (χ3v) is 4.43. The van der Waals surface area contributed by atoms with Crippen LogP contribution in [0, 0.1) is 5.92 Å². The van der Waals surface area contributed by atoms with E-state index in [1.54, 1.807) is 18.2 Å². The van der Waals surface area contributed by atoms with E-state index in [2.05, 4.69) is 5.32 Å². The summed E-state index contributed by atoms with van der Waals surface area (Å²) in [5.74, 6) is 0.917. The number of rotatable bonds is 5. The molecule has 0 unspecified atom stereocenters. The molecule has 2 rings (SSSR count). The lowest BCUT2D eigenvalue weighted by Crippen LogP contribution is -2.28. The van der Waals surface area contributed by atoms with E-state index in [1.165, 1.54) is 12.8 Å². The van der Waals surface area contributed by atoms with Gasteiger partial charge in [0.2, 0.25) is 0 Å². The average molecular weight is 300 g/mol. The molecule has 4 heteroatoms. The Hall–Kier alpha value is -0.570. The van der Waals surface area contributed by atoms with Gasteiger partial charge in [0.25, 0.3) is 0 Å². The van der Waals surface area contributed by atoms with Gasteiger partial charge in [-0.2, -0.15) is 0 Å². The second kappa shape index (κ2) is 7.28. The molecule has 1 aromatic carbocycles. The quantitative estimate of drug-likeness (QED) is 0.894. The van der Waals surface area contributed by atoms with Crippen molar-refractivity contribution < 1.29 is 4.79 Å². The molecule has 0 atom stereocenters. The maximum Gasteiger partial charge on any atom is 0.137 e. The summed E-state index contributed by atoms with van der Waals surface area (Å²) in [5.41, 5.74) is 0.765. The van der Waals surface area contributed by atoms with Crippen molar-refractivity contribution in [1.82, 2.24) is 5.32 Å². The zero-order valence-electron chi connectivity index (χ0n) is 10.9. The van der Waals surface area contributed by atoms with Crippen molar-refractivity contribution in [2.75, 3.05) is 13.1 Å². The maximum atomic E-state index is 12.0. The highest BCUT2D eigenvalue weighted by atomic mass is 35.5. The van der Waals surface area contributed by atoms with Crippen molar-refractivity contribution in [2.24, 2.45) is 5.92 Å². The Morgan fingerprint density at radius 2 is 1.84 bits per heavy atom. The molecule has 1 saturated heterocycles. The van der Waals surface area contributed by atoms with Gasteiger partial charge in [0.15, 0.2) is 0 Å². The molecule has 0 saturated carbocycles. The Balaban J connectivity index is 1.83. The molecular weight excluding hydrogens is 281 g/mol. The predicted molar refractivity (Wildman–Crippen MR) is 80.0 cm³/mol. The van der Waals surface area contributed by atoms with Crippen LogP contribution in [0.2, 0.25) is 10.0 Å². The molecule has 0 aromatic heterocycles. The van der Waals surface area contributed by atoms with Crippen LogP contribution in [-0.4, -0.2) is 18.9 Å². The van der Waals surface area contributed by atoms with E-state index < -0.39 is 0 Å². The van der Waals surface area contributed by atoms with Crippen LogP contribution in [0.25, 0.3) is 0 Å². The molecule has 1 aromatic rings. The van der Waals surface area contributed by atoms with Crippen LogP contribution in [0.15, 0.2) is 18.2 Å².